The molecule has 2 rings (SSSR count). The molecule has 1 nitrogen and oxygen atoms in total. The fourth-order valence-corrected chi connectivity index (χ4v) is 3.26. The lowest BCUT2D eigenvalue weighted by Crippen LogP contribution is -1.72. The van der Waals surface area contributed by atoms with E-state index in [1.807, 2.05) is 11.4 Å². The van der Waals surface area contributed by atoms with Crippen LogP contribution in [0.3, 0.4) is 0 Å². The second kappa shape index (κ2) is 3.16. The summed E-state index contributed by atoms with van der Waals surface area (Å²) in [6.07, 6.45) is 0. The van der Waals surface area contributed by atoms with Crippen LogP contribution in [0.25, 0.3) is 10.1 Å². The van der Waals surface area contributed by atoms with Crippen LogP contribution >= 0.6 is 49.9 Å². The highest BCUT2D eigenvalue weighted by Crippen LogP contribution is 2.35. The molecule has 4 heteroatoms. The van der Waals surface area contributed by atoms with Crippen LogP contribution in [0, 0.1) is 3.57 Å². The fourth-order valence-electron chi connectivity index (χ4n) is 1.01. The van der Waals surface area contributed by atoms with Gasteiger partial charge in [0.25, 0.3) is 0 Å². The molecule has 0 atom stereocenters. The maximum absolute atomic E-state index is 9.44. The van der Waals surface area contributed by atoms with E-state index in [1.165, 1.54) is 4.70 Å². The highest BCUT2D eigenvalue weighted by molar-refractivity contribution is 14.1. The Morgan fingerprint density at radius 1 is 1.42 bits per heavy atom. The third-order valence-electron chi connectivity index (χ3n) is 1.60. The van der Waals surface area contributed by atoms with Crippen molar-refractivity contribution < 1.29 is 5.11 Å². The average Bonchev–Trinajstić information content (AvgIpc) is 2.35. The normalized spacial score (nSPS) is 10.8. The number of phenols is 1. The smallest absolute Gasteiger partial charge is 0.129 e. The molecular formula is C8H4BrIOS. The van der Waals surface area contributed by atoms with Gasteiger partial charge >= 0.3 is 0 Å². The molecule has 0 aliphatic carbocycles. The zero-order valence-electron chi connectivity index (χ0n) is 5.84. The van der Waals surface area contributed by atoms with Gasteiger partial charge in [0.05, 0.1) is 3.57 Å². The summed E-state index contributed by atoms with van der Waals surface area (Å²) in [7, 11) is 0. The number of aromatic hydroxyl groups is 1. The van der Waals surface area contributed by atoms with Crippen LogP contribution in [0.15, 0.2) is 22.0 Å². The third-order valence-corrected chi connectivity index (χ3v) is 4.36. The highest BCUT2D eigenvalue weighted by Gasteiger charge is 2.05. The Bertz CT molecular complexity index is 438. The van der Waals surface area contributed by atoms with Crippen molar-refractivity contribution >= 4 is 59.9 Å². The monoisotopic (exact) mass is 354 g/mol. The summed E-state index contributed by atoms with van der Waals surface area (Å²) < 4.78 is 3.15. The number of hydrogen-bond donors (Lipinski definition) is 1. The average molecular weight is 355 g/mol. The van der Waals surface area contributed by atoms with Crippen LogP contribution in [0.2, 0.25) is 0 Å². The minimum absolute atomic E-state index is 0.349. The molecule has 0 aliphatic heterocycles. The van der Waals surface area contributed by atoms with Gasteiger partial charge in [0.15, 0.2) is 0 Å². The molecule has 1 N–H and O–H groups in total. The molecule has 1 aromatic heterocycles. The molecule has 0 amide bonds. The van der Waals surface area contributed by atoms with Crippen molar-refractivity contribution in [2.45, 2.75) is 0 Å². The molecule has 0 unspecified atom stereocenters. The number of fused-ring (bicyclic) bond motifs is 1. The highest BCUT2D eigenvalue weighted by atomic mass is 127. The van der Waals surface area contributed by atoms with E-state index in [9.17, 15) is 5.11 Å². The van der Waals surface area contributed by atoms with Gasteiger partial charge in [-0.2, -0.15) is 0 Å². The summed E-state index contributed by atoms with van der Waals surface area (Å²) in [5.74, 6) is 0.349. The first-order valence-electron chi connectivity index (χ1n) is 3.23. The minimum Gasteiger partial charge on any atom is -0.507 e. The van der Waals surface area contributed by atoms with E-state index in [0.29, 0.717) is 5.75 Å². The van der Waals surface area contributed by atoms with Crippen LogP contribution in [0.5, 0.6) is 5.75 Å². The molecule has 1 heterocycles. The summed E-state index contributed by atoms with van der Waals surface area (Å²) in [4.78, 5) is 0. The van der Waals surface area contributed by atoms with Gasteiger partial charge in [-0.1, -0.05) is 0 Å². The standard InChI is InChI=1S/C8H4BrIOS/c9-5-3-12-8-2-6(10)7(11)1-4(5)8/h1-3,11H. The second-order valence-corrected chi connectivity index (χ2v) is 5.31. The van der Waals surface area contributed by atoms with Gasteiger partial charge in [-0.25, -0.2) is 0 Å². The molecule has 0 fully saturated rings. The van der Waals surface area contributed by atoms with E-state index in [4.69, 9.17) is 0 Å². The third kappa shape index (κ3) is 1.36. The van der Waals surface area contributed by atoms with Gasteiger partial charge < -0.3 is 5.11 Å². The Morgan fingerprint density at radius 2 is 2.17 bits per heavy atom. The predicted octanol–water partition coefficient (Wildman–Crippen LogP) is 3.97. The van der Waals surface area contributed by atoms with Gasteiger partial charge in [-0.3, -0.25) is 0 Å². The van der Waals surface area contributed by atoms with Crippen molar-refractivity contribution in [2.75, 3.05) is 0 Å². The Labute approximate surface area is 95.7 Å². The number of halogens is 2. The van der Waals surface area contributed by atoms with E-state index in [2.05, 4.69) is 38.5 Å². The topological polar surface area (TPSA) is 20.2 Å². The first-order valence-corrected chi connectivity index (χ1v) is 5.99. The summed E-state index contributed by atoms with van der Waals surface area (Å²) in [6, 6.07) is 3.78. The first kappa shape index (κ1) is 8.77. The Morgan fingerprint density at radius 3 is 2.92 bits per heavy atom. The summed E-state index contributed by atoms with van der Waals surface area (Å²) in [5, 5.41) is 12.5. The van der Waals surface area contributed by atoms with Gasteiger partial charge in [0.1, 0.15) is 5.75 Å². The van der Waals surface area contributed by atoms with Gasteiger partial charge in [0.2, 0.25) is 0 Å². The van der Waals surface area contributed by atoms with Gasteiger partial charge in [-0.05, 0) is 50.7 Å². The number of rotatable bonds is 0. The lowest BCUT2D eigenvalue weighted by Gasteiger charge is -1.96. The zero-order chi connectivity index (χ0) is 8.72. The fraction of sp³-hybridized carbons (Fsp3) is 0. The quantitative estimate of drug-likeness (QED) is 0.709. The molecule has 0 saturated carbocycles. The molecule has 0 spiro atoms. The maximum atomic E-state index is 9.44. The molecular weight excluding hydrogens is 351 g/mol. The van der Waals surface area contributed by atoms with Crippen molar-refractivity contribution in [3.8, 4) is 5.75 Å². The molecule has 0 saturated heterocycles. The Balaban J connectivity index is 2.87. The van der Waals surface area contributed by atoms with E-state index in [-0.39, 0.29) is 0 Å². The molecule has 2 aromatic rings. The number of thiophene rings is 1. The molecule has 12 heavy (non-hydrogen) atoms. The number of phenolic OH excluding ortho intramolecular Hbond substituents is 1. The van der Waals surface area contributed by atoms with Crippen LogP contribution in [-0.2, 0) is 0 Å². The van der Waals surface area contributed by atoms with Crippen molar-refractivity contribution in [3.63, 3.8) is 0 Å². The van der Waals surface area contributed by atoms with E-state index >= 15 is 0 Å². The molecule has 62 valence electrons. The Hall–Kier alpha value is 0.190. The summed E-state index contributed by atoms with van der Waals surface area (Å²) >= 11 is 7.22. The van der Waals surface area contributed by atoms with E-state index < -0.39 is 0 Å². The van der Waals surface area contributed by atoms with Crippen LogP contribution in [-0.4, -0.2) is 5.11 Å². The Kier molecular flexibility index (Phi) is 2.31. The van der Waals surface area contributed by atoms with Crippen LogP contribution in [0.4, 0.5) is 0 Å². The number of hydrogen-bond acceptors (Lipinski definition) is 2. The lowest BCUT2D eigenvalue weighted by molar-refractivity contribution is 0.472. The maximum Gasteiger partial charge on any atom is 0.129 e. The van der Waals surface area contributed by atoms with Crippen molar-refractivity contribution in [3.05, 3.63) is 25.6 Å². The van der Waals surface area contributed by atoms with Crippen molar-refractivity contribution in [1.82, 2.24) is 0 Å². The van der Waals surface area contributed by atoms with Gasteiger partial charge in [0, 0.05) is 19.9 Å². The first-order chi connectivity index (χ1) is 5.68. The minimum atomic E-state index is 0.349. The zero-order valence-corrected chi connectivity index (χ0v) is 10.4. The predicted molar refractivity (Wildman–Crippen MR) is 63.9 cm³/mol. The SMILES string of the molecule is Oc1cc2c(Br)csc2cc1I. The van der Waals surface area contributed by atoms with Crippen LogP contribution in [0.1, 0.15) is 0 Å². The summed E-state index contributed by atoms with van der Waals surface area (Å²) in [6.45, 7) is 0. The van der Waals surface area contributed by atoms with E-state index in [0.717, 1.165) is 13.4 Å². The largest absolute Gasteiger partial charge is 0.507 e. The molecule has 0 aliphatic rings. The van der Waals surface area contributed by atoms with Gasteiger partial charge in [-0.15, -0.1) is 11.3 Å². The molecule has 1 aromatic carbocycles. The van der Waals surface area contributed by atoms with Crippen molar-refractivity contribution in [2.24, 2.45) is 0 Å². The van der Waals surface area contributed by atoms with E-state index in [1.54, 1.807) is 17.4 Å². The lowest BCUT2D eigenvalue weighted by atomic mass is 10.2. The number of benzene rings is 1. The summed E-state index contributed by atoms with van der Waals surface area (Å²) in [5.41, 5.74) is 0. The molecule has 0 radical (unpaired) electrons. The second-order valence-electron chi connectivity index (χ2n) is 2.38. The molecule has 0 bridgehead atoms. The van der Waals surface area contributed by atoms with Crippen LogP contribution < -0.4 is 0 Å². The van der Waals surface area contributed by atoms with Crippen molar-refractivity contribution in [1.29, 1.82) is 0 Å².